The van der Waals surface area contributed by atoms with Crippen molar-refractivity contribution in [3.63, 3.8) is 0 Å². The number of nitrogens with zero attached hydrogens (tertiary/aromatic N) is 2. The molecule has 0 spiro atoms. The number of thiophene rings is 1. The van der Waals surface area contributed by atoms with Crippen LogP contribution in [-0.4, -0.2) is 50.3 Å². The molecule has 4 aromatic rings. The summed E-state index contributed by atoms with van der Waals surface area (Å²) in [5, 5.41) is 5.67. The number of amides is 2. The summed E-state index contributed by atoms with van der Waals surface area (Å²) in [7, 11) is -3.13. The van der Waals surface area contributed by atoms with Crippen LogP contribution in [0.3, 0.4) is 0 Å². The van der Waals surface area contributed by atoms with Gasteiger partial charge < -0.3 is 15.5 Å². The van der Waals surface area contributed by atoms with Gasteiger partial charge in [0.2, 0.25) is 0 Å². The van der Waals surface area contributed by atoms with Crippen molar-refractivity contribution >= 4 is 50.2 Å². The van der Waals surface area contributed by atoms with Crippen LogP contribution < -0.4 is 15.5 Å². The highest BCUT2D eigenvalue weighted by atomic mass is 32.2. The molecule has 0 atom stereocenters. The lowest BCUT2D eigenvalue weighted by Crippen LogP contribution is -2.33. The Morgan fingerprint density at radius 2 is 1.85 bits per heavy atom. The molecule has 0 saturated carbocycles. The smallest absolute Gasteiger partial charge is 0.276 e. The zero-order valence-electron chi connectivity index (χ0n) is 21.9. The summed E-state index contributed by atoms with van der Waals surface area (Å²) >= 11 is 1.31. The van der Waals surface area contributed by atoms with Gasteiger partial charge in [-0.1, -0.05) is 36.4 Å². The van der Waals surface area contributed by atoms with Crippen LogP contribution in [0, 0.1) is 12.7 Å². The Hall–Kier alpha value is -4.09. The van der Waals surface area contributed by atoms with Crippen LogP contribution in [0.4, 0.5) is 21.6 Å². The largest absolute Gasteiger partial charge is 0.369 e. The zero-order valence-corrected chi connectivity index (χ0v) is 23.5. The second-order valence-electron chi connectivity index (χ2n) is 9.54. The van der Waals surface area contributed by atoms with E-state index < -0.39 is 15.7 Å². The van der Waals surface area contributed by atoms with E-state index in [-0.39, 0.29) is 35.5 Å². The zero-order chi connectivity index (χ0) is 28.4. The Morgan fingerprint density at radius 3 is 2.62 bits per heavy atom. The number of sulfone groups is 1. The van der Waals surface area contributed by atoms with Crippen molar-refractivity contribution in [2.75, 3.05) is 40.6 Å². The maximum absolute atomic E-state index is 14.3. The van der Waals surface area contributed by atoms with Crippen molar-refractivity contribution in [2.45, 2.75) is 13.3 Å². The minimum atomic E-state index is -3.13. The van der Waals surface area contributed by atoms with Gasteiger partial charge in [0.05, 0.1) is 22.0 Å². The third-order valence-electron chi connectivity index (χ3n) is 6.53. The summed E-state index contributed by atoms with van der Waals surface area (Å²) in [6.07, 6.45) is 1.67. The maximum Gasteiger partial charge on any atom is 0.276 e. The van der Waals surface area contributed by atoms with Crippen molar-refractivity contribution in [2.24, 2.45) is 0 Å². The third kappa shape index (κ3) is 5.90. The standard InChI is InChI=1S/C29H27FN4O4S2/c1-18-7-5-9-21(30)26(18)33-28(35)24-17-19-13-15-34(23-11-4-3-8-20(23)27(19)39-24)29(36)22-10-6-12-25(32-22)31-14-16-40(2,37)38/h3-12,17H,13-16H2,1-2H3,(H,31,32)(H,33,35). The average molecular weight is 579 g/mol. The van der Waals surface area contributed by atoms with Gasteiger partial charge in [0.15, 0.2) is 0 Å². The fraction of sp³-hybridized carbons (Fsp3) is 0.207. The van der Waals surface area contributed by atoms with E-state index in [0.29, 0.717) is 34.9 Å². The summed E-state index contributed by atoms with van der Waals surface area (Å²) < 4.78 is 37.2. The number of hydrogen-bond acceptors (Lipinski definition) is 7. The maximum atomic E-state index is 14.3. The molecule has 11 heteroatoms. The Morgan fingerprint density at radius 1 is 1.07 bits per heavy atom. The van der Waals surface area contributed by atoms with E-state index in [9.17, 15) is 22.4 Å². The van der Waals surface area contributed by atoms with Crippen molar-refractivity contribution < 1.29 is 22.4 Å². The van der Waals surface area contributed by atoms with Crippen LogP contribution in [0.1, 0.15) is 31.3 Å². The quantitative estimate of drug-likeness (QED) is 0.313. The first kappa shape index (κ1) is 27.5. The molecule has 2 N–H and O–H groups in total. The molecule has 0 aliphatic carbocycles. The van der Waals surface area contributed by atoms with E-state index >= 15 is 0 Å². The second-order valence-corrected chi connectivity index (χ2v) is 12.9. The van der Waals surface area contributed by atoms with Crippen LogP contribution in [0.5, 0.6) is 0 Å². The van der Waals surface area contributed by atoms with Crippen LogP contribution in [0.2, 0.25) is 0 Å². The van der Waals surface area contributed by atoms with Crippen molar-refractivity contribution in [3.8, 4) is 10.4 Å². The van der Waals surface area contributed by atoms with Gasteiger partial charge in [0.1, 0.15) is 27.2 Å². The number of carbonyl (C=O) groups excluding carboxylic acids is 2. The van der Waals surface area contributed by atoms with Gasteiger partial charge in [0, 0.05) is 29.8 Å². The molecule has 0 radical (unpaired) electrons. The highest BCUT2D eigenvalue weighted by molar-refractivity contribution is 7.90. The minimum Gasteiger partial charge on any atom is -0.369 e. The van der Waals surface area contributed by atoms with Crippen molar-refractivity contribution in [1.82, 2.24) is 4.98 Å². The predicted molar refractivity (Wildman–Crippen MR) is 157 cm³/mol. The first-order valence-corrected chi connectivity index (χ1v) is 15.5. The Kier molecular flexibility index (Phi) is 7.68. The number of aryl methyl sites for hydroxylation is 1. The van der Waals surface area contributed by atoms with Crippen molar-refractivity contribution in [3.05, 3.63) is 94.2 Å². The molecule has 5 rings (SSSR count). The highest BCUT2D eigenvalue weighted by Gasteiger charge is 2.28. The topological polar surface area (TPSA) is 108 Å². The molecule has 1 aliphatic rings. The lowest BCUT2D eigenvalue weighted by molar-refractivity contribution is 0.0981. The first-order valence-electron chi connectivity index (χ1n) is 12.6. The number of anilines is 3. The van der Waals surface area contributed by atoms with Crippen molar-refractivity contribution in [1.29, 1.82) is 0 Å². The van der Waals surface area contributed by atoms with Gasteiger partial charge in [-0.15, -0.1) is 11.3 Å². The molecule has 0 saturated heterocycles. The minimum absolute atomic E-state index is 0.0470. The third-order valence-corrected chi connectivity index (χ3v) is 8.68. The molecular formula is C29H27FN4O4S2. The summed E-state index contributed by atoms with van der Waals surface area (Å²) in [6, 6.07) is 19.0. The normalized spacial score (nSPS) is 12.7. The summed E-state index contributed by atoms with van der Waals surface area (Å²) in [6.45, 7) is 2.28. The molecule has 0 bridgehead atoms. The van der Waals surface area contributed by atoms with E-state index in [4.69, 9.17) is 0 Å². The summed E-state index contributed by atoms with van der Waals surface area (Å²) in [5.41, 5.74) is 3.46. The second kappa shape index (κ2) is 11.2. The fourth-order valence-corrected chi connectivity index (χ4v) is 6.15. The van der Waals surface area contributed by atoms with Gasteiger partial charge in [-0.2, -0.15) is 0 Å². The Bertz CT molecular complexity index is 1700. The lowest BCUT2D eigenvalue weighted by atomic mass is 10.1. The van der Waals surface area contributed by atoms with Crippen LogP contribution >= 0.6 is 11.3 Å². The number of pyridine rings is 1. The van der Waals surface area contributed by atoms with Gasteiger partial charge in [0.25, 0.3) is 11.8 Å². The van der Waals surface area contributed by atoms with Gasteiger partial charge in [-0.05, 0) is 54.8 Å². The molecule has 2 aromatic carbocycles. The number of para-hydroxylation sites is 2. The number of halogens is 1. The number of benzene rings is 2. The Balaban J connectivity index is 1.40. The molecule has 0 fully saturated rings. The van der Waals surface area contributed by atoms with E-state index in [0.717, 1.165) is 22.3 Å². The first-order chi connectivity index (χ1) is 19.1. The highest BCUT2D eigenvalue weighted by Crippen LogP contribution is 2.42. The number of aromatic nitrogens is 1. The predicted octanol–water partition coefficient (Wildman–Crippen LogP) is 5.17. The van der Waals surface area contributed by atoms with Gasteiger partial charge >= 0.3 is 0 Å². The number of rotatable bonds is 7. The monoisotopic (exact) mass is 578 g/mol. The molecule has 0 unspecified atom stereocenters. The van der Waals surface area contributed by atoms with Crippen LogP contribution in [-0.2, 0) is 16.3 Å². The number of hydrogen-bond donors (Lipinski definition) is 2. The number of carbonyl (C=O) groups is 2. The molecule has 40 heavy (non-hydrogen) atoms. The van der Waals surface area contributed by atoms with Crippen LogP contribution in [0.15, 0.2) is 66.7 Å². The number of nitrogens with one attached hydrogen (secondary N) is 2. The van der Waals surface area contributed by atoms with E-state index in [1.807, 2.05) is 24.3 Å². The van der Waals surface area contributed by atoms with E-state index in [2.05, 4.69) is 15.6 Å². The van der Waals surface area contributed by atoms with E-state index in [1.165, 1.54) is 17.4 Å². The molecular weight excluding hydrogens is 551 g/mol. The SMILES string of the molecule is Cc1cccc(F)c1NC(=O)c1cc2c(s1)-c1ccccc1N(C(=O)c1cccc(NCCS(C)(=O)=O)n1)CC2. The van der Waals surface area contributed by atoms with Crippen LogP contribution in [0.25, 0.3) is 10.4 Å². The molecule has 3 heterocycles. The van der Waals surface area contributed by atoms with E-state index in [1.54, 1.807) is 48.2 Å². The molecule has 2 amide bonds. The van der Waals surface area contributed by atoms with Gasteiger partial charge in [-0.25, -0.2) is 17.8 Å². The summed E-state index contributed by atoms with van der Waals surface area (Å²) in [5.74, 6) is -0.801. The molecule has 2 aromatic heterocycles. The fourth-order valence-electron chi connectivity index (χ4n) is 4.54. The molecule has 8 nitrogen and oxygen atoms in total. The van der Waals surface area contributed by atoms with Gasteiger partial charge in [-0.3, -0.25) is 9.59 Å². The lowest BCUT2D eigenvalue weighted by Gasteiger charge is -2.23. The Labute approximate surface area is 235 Å². The molecule has 206 valence electrons. The summed E-state index contributed by atoms with van der Waals surface area (Å²) in [4.78, 5) is 34.2. The molecule has 1 aliphatic heterocycles. The number of fused-ring (bicyclic) bond motifs is 3. The average Bonchev–Trinajstić information content (AvgIpc) is 3.28.